The molecule has 0 unspecified atom stereocenters. The van der Waals surface area contributed by atoms with Gasteiger partial charge in [-0.3, -0.25) is 4.99 Å². The quantitative estimate of drug-likeness (QED) is 0.279. The number of nitrogens with zero attached hydrogens (tertiary/aromatic N) is 1. The van der Waals surface area contributed by atoms with Crippen molar-refractivity contribution in [1.82, 2.24) is 5.32 Å². The molecule has 0 atom stereocenters. The fraction of sp³-hybridized carbons (Fsp3) is 0.625. The molecule has 0 aliphatic heterocycles. The monoisotopic (exact) mass is 170 g/mol. The molecule has 0 aromatic rings. The van der Waals surface area contributed by atoms with Crippen LogP contribution >= 0.6 is 0 Å². The highest BCUT2D eigenvalue weighted by molar-refractivity contribution is 6.55. The molecule has 0 aromatic carbocycles. The third-order valence-electron chi connectivity index (χ3n) is 1.35. The van der Waals surface area contributed by atoms with Crippen LogP contribution < -0.4 is 5.32 Å². The Labute approximate surface area is 71.0 Å². The number of hydrogen-bond acceptors (Lipinski definition) is 1. The zero-order chi connectivity index (χ0) is 8.53. The third-order valence-corrected chi connectivity index (χ3v) is 2.92. The van der Waals surface area contributed by atoms with E-state index >= 15 is 0 Å². The van der Waals surface area contributed by atoms with Gasteiger partial charge in [0.2, 0.25) is 0 Å². The lowest BCUT2D eigenvalue weighted by Gasteiger charge is -1.98. The molecule has 0 fully saturated rings. The van der Waals surface area contributed by atoms with Crippen LogP contribution in [0.3, 0.4) is 0 Å². The Balaban J connectivity index is 3.07. The SMILES string of the molecule is C=CNC=NCCC[SiH](C)C. The van der Waals surface area contributed by atoms with Crippen molar-refractivity contribution in [2.24, 2.45) is 4.99 Å². The average molecular weight is 170 g/mol. The molecule has 1 N–H and O–H groups in total. The Morgan fingerprint density at radius 2 is 2.27 bits per heavy atom. The van der Waals surface area contributed by atoms with E-state index in [9.17, 15) is 0 Å². The summed E-state index contributed by atoms with van der Waals surface area (Å²) in [5.74, 6) is 0. The predicted octanol–water partition coefficient (Wildman–Crippen LogP) is 1.62. The highest BCUT2D eigenvalue weighted by atomic mass is 28.3. The van der Waals surface area contributed by atoms with Gasteiger partial charge in [0.1, 0.15) is 0 Å². The molecule has 0 aliphatic rings. The smallest absolute Gasteiger partial charge is 0.0863 e. The van der Waals surface area contributed by atoms with Crippen LogP contribution in [0, 0.1) is 0 Å². The summed E-state index contributed by atoms with van der Waals surface area (Å²) >= 11 is 0. The molecule has 0 radical (unpaired) electrons. The summed E-state index contributed by atoms with van der Waals surface area (Å²) in [7, 11) is -0.344. The molecule has 0 rings (SSSR count). The normalized spacial score (nSPS) is 10.8. The van der Waals surface area contributed by atoms with Crippen LogP contribution in [0.5, 0.6) is 0 Å². The van der Waals surface area contributed by atoms with Crippen molar-refractivity contribution in [1.29, 1.82) is 0 Å². The third kappa shape index (κ3) is 9.43. The number of nitrogens with one attached hydrogen (secondary N) is 1. The summed E-state index contributed by atoms with van der Waals surface area (Å²) < 4.78 is 0. The second kappa shape index (κ2) is 7.53. The van der Waals surface area contributed by atoms with Crippen molar-refractivity contribution in [3.8, 4) is 0 Å². The Bertz CT molecular complexity index is 121. The van der Waals surface area contributed by atoms with Crippen LogP contribution in [0.25, 0.3) is 0 Å². The minimum Gasteiger partial charge on any atom is -0.354 e. The van der Waals surface area contributed by atoms with Gasteiger partial charge in [0.25, 0.3) is 0 Å². The molecule has 0 heterocycles. The van der Waals surface area contributed by atoms with E-state index in [0.717, 1.165) is 6.54 Å². The lowest BCUT2D eigenvalue weighted by Crippen LogP contribution is -2.02. The van der Waals surface area contributed by atoms with E-state index in [1.807, 2.05) is 0 Å². The summed E-state index contributed by atoms with van der Waals surface area (Å²) in [5, 5.41) is 2.82. The minimum atomic E-state index is -0.344. The minimum absolute atomic E-state index is 0.344. The van der Waals surface area contributed by atoms with Gasteiger partial charge in [-0.2, -0.15) is 0 Å². The topological polar surface area (TPSA) is 24.4 Å². The van der Waals surface area contributed by atoms with Crippen LogP contribution in [0.2, 0.25) is 19.1 Å². The fourth-order valence-corrected chi connectivity index (χ4v) is 1.76. The van der Waals surface area contributed by atoms with Gasteiger partial charge in [-0.05, 0) is 12.6 Å². The van der Waals surface area contributed by atoms with Crippen molar-refractivity contribution in [3.05, 3.63) is 12.8 Å². The van der Waals surface area contributed by atoms with Gasteiger partial charge in [-0.25, -0.2) is 0 Å². The maximum Gasteiger partial charge on any atom is 0.0863 e. The molecule has 0 aromatic heterocycles. The molecular weight excluding hydrogens is 152 g/mol. The second-order valence-electron chi connectivity index (χ2n) is 2.94. The van der Waals surface area contributed by atoms with Crippen LogP contribution in [-0.2, 0) is 0 Å². The van der Waals surface area contributed by atoms with E-state index in [1.54, 1.807) is 12.5 Å². The van der Waals surface area contributed by atoms with Gasteiger partial charge in [0.15, 0.2) is 0 Å². The largest absolute Gasteiger partial charge is 0.354 e. The second-order valence-corrected chi connectivity index (χ2v) is 6.31. The van der Waals surface area contributed by atoms with E-state index in [0.29, 0.717) is 0 Å². The maximum atomic E-state index is 4.15. The first kappa shape index (κ1) is 10.4. The Hall–Kier alpha value is -0.573. The molecule has 0 saturated carbocycles. The number of rotatable bonds is 6. The average Bonchev–Trinajstić information content (AvgIpc) is 1.96. The molecule has 2 nitrogen and oxygen atoms in total. The molecular formula is C8H18N2Si. The first-order valence-corrected chi connectivity index (χ1v) is 7.25. The van der Waals surface area contributed by atoms with Crippen LogP contribution in [-0.4, -0.2) is 21.7 Å². The van der Waals surface area contributed by atoms with Gasteiger partial charge in [-0.15, -0.1) is 0 Å². The highest BCUT2D eigenvalue weighted by Gasteiger charge is 1.92. The fourth-order valence-electron chi connectivity index (χ4n) is 0.761. The maximum absolute atomic E-state index is 4.15. The van der Waals surface area contributed by atoms with Crippen LogP contribution in [0.15, 0.2) is 17.8 Å². The van der Waals surface area contributed by atoms with Crippen molar-refractivity contribution < 1.29 is 0 Å². The Morgan fingerprint density at radius 3 is 2.82 bits per heavy atom. The number of aliphatic imine (C=N–C) groups is 1. The molecule has 0 bridgehead atoms. The van der Waals surface area contributed by atoms with Crippen molar-refractivity contribution in [2.45, 2.75) is 25.6 Å². The molecule has 64 valence electrons. The lowest BCUT2D eigenvalue weighted by molar-refractivity contribution is 0.919. The summed E-state index contributed by atoms with van der Waals surface area (Å²) in [6, 6.07) is 1.39. The van der Waals surface area contributed by atoms with Crippen molar-refractivity contribution in [2.75, 3.05) is 6.54 Å². The first-order valence-electron chi connectivity index (χ1n) is 4.12. The Kier molecular flexibility index (Phi) is 7.14. The van der Waals surface area contributed by atoms with Gasteiger partial charge >= 0.3 is 0 Å². The number of hydrogen-bond donors (Lipinski definition) is 1. The van der Waals surface area contributed by atoms with Gasteiger partial charge < -0.3 is 5.32 Å². The van der Waals surface area contributed by atoms with Gasteiger partial charge in [-0.1, -0.05) is 25.7 Å². The molecule has 11 heavy (non-hydrogen) atoms. The standard InChI is InChI=1S/C8H18N2Si/c1-4-9-8-10-6-5-7-11(2)3/h4,8,11H,1,5-7H2,2-3H3,(H,9,10). The van der Waals surface area contributed by atoms with Crippen LogP contribution in [0.4, 0.5) is 0 Å². The van der Waals surface area contributed by atoms with Crippen molar-refractivity contribution in [3.63, 3.8) is 0 Å². The Morgan fingerprint density at radius 1 is 1.55 bits per heavy atom. The summed E-state index contributed by atoms with van der Waals surface area (Å²) in [5.41, 5.74) is 0. The first-order chi connectivity index (χ1) is 5.27. The van der Waals surface area contributed by atoms with E-state index < -0.39 is 0 Å². The molecule has 3 heteroatoms. The van der Waals surface area contributed by atoms with Gasteiger partial charge in [0.05, 0.1) is 6.34 Å². The van der Waals surface area contributed by atoms with E-state index in [2.05, 4.69) is 30.0 Å². The molecule has 0 aliphatic carbocycles. The zero-order valence-corrected chi connectivity index (χ0v) is 8.66. The molecule has 0 amide bonds. The van der Waals surface area contributed by atoms with E-state index in [1.165, 1.54) is 12.5 Å². The van der Waals surface area contributed by atoms with Crippen LogP contribution in [0.1, 0.15) is 6.42 Å². The van der Waals surface area contributed by atoms with Gasteiger partial charge in [0, 0.05) is 15.3 Å². The summed E-state index contributed by atoms with van der Waals surface area (Å²) in [6.07, 6.45) is 4.56. The molecule has 0 saturated heterocycles. The summed E-state index contributed by atoms with van der Waals surface area (Å²) in [6.45, 7) is 9.20. The van der Waals surface area contributed by atoms with E-state index in [-0.39, 0.29) is 8.80 Å². The highest BCUT2D eigenvalue weighted by Crippen LogP contribution is 1.95. The lowest BCUT2D eigenvalue weighted by atomic mass is 10.5. The predicted molar refractivity (Wildman–Crippen MR) is 55.0 cm³/mol. The van der Waals surface area contributed by atoms with Crippen molar-refractivity contribution >= 4 is 15.1 Å². The summed E-state index contributed by atoms with van der Waals surface area (Å²) in [4.78, 5) is 4.15. The molecule has 0 spiro atoms. The zero-order valence-electron chi connectivity index (χ0n) is 7.51. The van der Waals surface area contributed by atoms with E-state index in [4.69, 9.17) is 0 Å².